The van der Waals surface area contributed by atoms with Gasteiger partial charge in [-0.25, -0.2) is 0 Å². The average molecular weight is 853 g/mol. The van der Waals surface area contributed by atoms with Crippen molar-refractivity contribution < 1.29 is 68.3 Å². The van der Waals surface area contributed by atoms with E-state index < -0.39 is 92.2 Å². The molecule has 4 bridgehead atoms. The van der Waals surface area contributed by atoms with E-state index in [9.17, 15) is 30.0 Å². The summed E-state index contributed by atoms with van der Waals surface area (Å²) in [5.74, 6) is 4.65. The van der Waals surface area contributed by atoms with Crippen LogP contribution in [0.25, 0.3) is 10.9 Å². The average Bonchev–Trinajstić information content (AvgIpc) is 3.96. The fraction of sp³-hybridized carbons (Fsp3) is 0.364. The molecule has 0 amide bonds. The lowest BCUT2D eigenvalue weighted by Crippen LogP contribution is -2.66. The van der Waals surface area contributed by atoms with Crippen LogP contribution in [0.15, 0.2) is 79.3 Å². The van der Waals surface area contributed by atoms with E-state index in [-0.39, 0.29) is 18.9 Å². The van der Waals surface area contributed by atoms with Crippen LogP contribution >= 0.6 is 0 Å². The number of aliphatic carboxylic acids is 1. The molecule has 4 aliphatic heterocycles. The number of carbonyl (C=O) groups is 2. The fourth-order valence-corrected chi connectivity index (χ4v) is 8.73. The Bertz CT molecular complexity index is 2500. The molecule has 3 aromatic carbocycles. The second-order valence-corrected chi connectivity index (χ2v) is 15.5. The quantitative estimate of drug-likeness (QED) is 0.0384. The SMILES string of the molecule is NC(N)[C@H](OC(=O)CC(=O)O)[C@H]1O[C@@H](Oc2cc(Cn3cc4cc[nH]c4c3)c3c(c2)O[C@H]2[C@H]4c5ccc(OCO)c(c5O[C@@H]34)OCCC#C[C@@H]2c2ccccc2)[C@H](O)[C@@H](O)[C@@H]1O. The van der Waals surface area contributed by atoms with Crippen molar-refractivity contribution >= 4 is 22.8 Å². The minimum absolute atomic E-state index is 0.109. The molecule has 324 valence electrons. The number of hydrogen-bond donors (Lipinski definition) is 8. The summed E-state index contributed by atoms with van der Waals surface area (Å²) < 4.78 is 45.4. The van der Waals surface area contributed by atoms with E-state index in [0.717, 1.165) is 22.0 Å². The number of ether oxygens (including phenoxy) is 7. The molecule has 6 heterocycles. The first-order valence-electron chi connectivity index (χ1n) is 20.0. The lowest BCUT2D eigenvalue weighted by atomic mass is 9.76. The standard InChI is InChI=1S/C44H44N4O14/c45-43(46)42(60-31(52)16-30(50)51)41-35(54)34(53)36(55)44(62-41)58-24-14-23(18-48-17-22-11-12-47-27(22)19-48)32-29(15-24)59-37-25(21-6-2-1-3-7-21)8-4-5-13-56-39-28(57-20-49)10-9-26-33(37)40(32)61-38(26)39/h1-3,6-7,9-12,14-15,17,19,25,33-37,40-44,47,49,53-55H,5,13,16,18,20,45-46H2,(H,50,51)/t25-,33-,34+,35+,36-,37-,40+,41+,42-,44-/m1/s1. The van der Waals surface area contributed by atoms with Crippen molar-refractivity contribution in [3.63, 3.8) is 0 Å². The minimum Gasteiger partial charge on any atom is -0.487 e. The molecule has 5 aromatic rings. The van der Waals surface area contributed by atoms with Gasteiger partial charge in [0.15, 0.2) is 24.4 Å². The Balaban J connectivity index is 1.16. The maximum Gasteiger partial charge on any atom is 0.317 e. The summed E-state index contributed by atoms with van der Waals surface area (Å²) >= 11 is 0. The van der Waals surface area contributed by atoms with Gasteiger partial charge in [0.25, 0.3) is 0 Å². The van der Waals surface area contributed by atoms with Crippen LogP contribution in [0.5, 0.6) is 28.7 Å². The van der Waals surface area contributed by atoms with Crippen LogP contribution in [0.1, 0.15) is 53.0 Å². The largest absolute Gasteiger partial charge is 0.487 e. The highest BCUT2D eigenvalue weighted by Gasteiger charge is 2.53. The minimum atomic E-state index is -1.91. The van der Waals surface area contributed by atoms with Gasteiger partial charge in [-0.05, 0) is 29.3 Å². The third-order valence-corrected chi connectivity index (χ3v) is 11.5. The second-order valence-electron chi connectivity index (χ2n) is 15.5. The number of carboxylic acid groups (broad SMARTS) is 1. The number of esters is 1. The molecular formula is C44H44N4O14. The highest BCUT2D eigenvalue weighted by atomic mass is 16.7. The van der Waals surface area contributed by atoms with Crippen molar-refractivity contribution in [2.75, 3.05) is 13.4 Å². The Labute approximate surface area is 353 Å². The maximum atomic E-state index is 12.4. The fourth-order valence-electron chi connectivity index (χ4n) is 8.73. The van der Waals surface area contributed by atoms with Gasteiger partial charge in [-0.15, -0.1) is 0 Å². The number of benzene rings is 3. The zero-order valence-corrected chi connectivity index (χ0v) is 32.9. The monoisotopic (exact) mass is 852 g/mol. The van der Waals surface area contributed by atoms with Crippen LogP contribution in [-0.2, 0) is 25.6 Å². The first-order valence-corrected chi connectivity index (χ1v) is 20.0. The topological polar surface area (TPSA) is 273 Å². The lowest BCUT2D eigenvalue weighted by molar-refractivity contribution is -0.291. The molecule has 10 N–H and O–H groups in total. The molecule has 0 aliphatic carbocycles. The first kappa shape index (κ1) is 41.1. The predicted molar refractivity (Wildman–Crippen MR) is 215 cm³/mol. The van der Waals surface area contributed by atoms with Gasteiger partial charge in [-0.2, -0.15) is 0 Å². The summed E-state index contributed by atoms with van der Waals surface area (Å²) in [4.78, 5) is 26.8. The number of aliphatic hydroxyl groups is 4. The Morgan fingerprint density at radius 1 is 0.984 bits per heavy atom. The number of carbonyl (C=O) groups excluding carboxylic acids is 1. The zero-order chi connectivity index (χ0) is 43.2. The summed E-state index contributed by atoms with van der Waals surface area (Å²) in [7, 11) is 0. The van der Waals surface area contributed by atoms with Crippen molar-refractivity contribution in [2.24, 2.45) is 11.5 Å². The molecule has 2 aromatic heterocycles. The van der Waals surface area contributed by atoms with Crippen LogP contribution in [0.4, 0.5) is 0 Å². The van der Waals surface area contributed by atoms with E-state index in [0.29, 0.717) is 40.5 Å². The number of aliphatic hydroxyl groups excluding tert-OH is 4. The molecule has 18 nitrogen and oxygen atoms in total. The van der Waals surface area contributed by atoms with Crippen molar-refractivity contribution in [3.8, 4) is 40.6 Å². The molecule has 62 heavy (non-hydrogen) atoms. The summed E-state index contributed by atoms with van der Waals surface area (Å²) in [5, 5.41) is 53.1. The molecule has 18 heteroatoms. The molecule has 0 radical (unpaired) electrons. The van der Waals surface area contributed by atoms with Crippen molar-refractivity contribution in [3.05, 3.63) is 102 Å². The number of nitrogens with zero attached hydrogens (tertiary/aromatic N) is 1. The van der Waals surface area contributed by atoms with Crippen molar-refractivity contribution in [2.45, 2.75) is 86.4 Å². The Hall–Kier alpha value is -6.30. The number of nitrogens with one attached hydrogen (secondary N) is 1. The van der Waals surface area contributed by atoms with E-state index in [2.05, 4.69) is 16.8 Å². The number of rotatable bonds is 12. The number of hydrogen-bond acceptors (Lipinski definition) is 15. The van der Waals surface area contributed by atoms with Crippen LogP contribution in [0.3, 0.4) is 0 Å². The van der Waals surface area contributed by atoms with Crippen molar-refractivity contribution in [1.29, 1.82) is 0 Å². The molecule has 4 aliphatic rings. The highest BCUT2D eigenvalue weighted by molar-refractivity contribution is 5.90. The number of fused-ring (bicyclic) bond motifs is 3. The number of H-pyrrole nitrogens is 1. The van der Waals surface area contributed by atoms with Crippen molar-refractivity contribution in [1.82, 2.24) is 9.55 Å². The molecule has 1 fully saturated rings. The van der Waals surface area contributed by atoms with Gasteiger partial charge in [-0.1, -0.05) is 48.2 Å². The summed E-state index contributed by atoms with van der Waals surface area (Å²) in [6, 6.07) is 18.6. The van der Waals surface area contributed by atoms with Crippen LogP contribution in [0.2, 0.25) is 0 Å². The van der Waals surface area contributed by atoms with Crippen LogP contribution < -0.4 is 35.2 Å². The first-order chi connectivity index (χ1) is 30.0. The van der Waals surface area contributed by atoms with Gasteiger partial charge >= 0.3 is 11.9 Å². The Morgan fingerprint density at radius 3 is 2.56 bits per heavy atom. The van der Waals surface area contributed by atoms with Gasteiger partial charge < -0.3 is 79.7 Å². The Kier molecular flexibility index (Phi) is 11.2. The summed E-state index contributed by atoms with van der Waals surface area (Å²) in [6.45, 7) is -0.0918. The molecule has 9 rings (SSSR count). The lowest BCUT2D eigenvalue weighted by Gasteiger charge is -2.43. The highest BCUT2D eigenvalue weighted by Crippen LogP contribution is 2.61. The van der Waals surface area contributed by atoms with E-state index in [1.807, 2.05) is 65.6 Å². The number of carboxylic acids is 1. The van der Waals surface area contributed by atoms with Gasteiger partial charge in [0, 0.05) is 54.1 Å². The van der Waals surface area contributed by atoms with Gasteiger partial charge in [0.2, 0.25) is 12.0 Å². The second kappa shape index (κ2) is 16.9. The maximum absolute atomic E-state index is 12.4. The van der Waals surface area contributed by atoms with E-state index in [1.54, 1.807) is 18.2 Å². The molecule has 0 spiro atoms. The molecule has 1 saturated heterocycles. The number of nitrogens with two attached hydrogens (primary N) is 2. The van der Waals surface area contributed by atoms with E-state index in [1.165, 1.54) is 0 Å². The third kappa shape index (κ3) is 7.64. The predicted octanol–water partition coefficient (Wildman–Crippen LogP) is 1.71. The Morgan fingerprint density at radius 2 is 1.81 bits per heavy atom. The van der Waals surface area contributed by atoms with E-state index in [4.69, 9.17) is 49.7 Å². The van der Waals surface area contributed by atoms with Crippen LogP contribution in [-0.4, -0.2) is 110 Å². The summed E-state index contributed by atoms with van der Waals surface area (Å²) in [6.07, 6.45) is -8.44. The van der Waals surface area contributed by atoms with Gasteiger partial charge in [0.05, 0.1) is 30.1 Å². The van der Waals surface area contributed by atoms with Crippen LogP contribution in [0, 0.1) is 11.8 Å². The number of aromatic nitrogens is 2. The molecule has 10 atom stereocenters. The molecule has 0 unspecified atom stereocenters. The summed E-state index contributed by atoms with van der Waals surface area (Å²) in [5.41, 5.74) is 15.8. The van der Waals surface area contributed by atoms with Gasteiger partial charge in [0.1, 0.15) is 54.5 Å². The number of aromatic amines is 1. The smallest absolute Gasteiger partial charge is 0.317 e. The molecular weight excluding hydrogens is 808 g/mol. The molecule has 0 saturated carbocycles. The third-order valence-electron chi connectivity index (χ3n) is 11.5. The zero-order valence-electron chi connectivity index (χ0n) is 32.9. The normalized spacial score (nSPS) is 26.4. The van der Waals surface area contributed by atoms with Gasteiger partial charge in [-0.3, -0.25) is 9.59 Å². The van der Waals surface area contributed by atoms with E-state index >= 15 is 0 Å².